The van der Waals surface area contributed by atoms with Crippen LogP contribution in [0, 0.1) is 0 Å². The van der Waals surface area contributed by atoms with E-state index in [1.54, 1.807) is 0 Å². The van der Waals surface area contributed by atoms with Crippen LogP contribution in [0.3, 0.4) is 0 Å². The zero-order valence-corrected chi connectivity index (χ0v) is 14.4. The molecule has 112 valence electrons. The summed E-state index contributed by atoms with van der Waals surface area (Å²) in [6.45, 7) is 0. The summed E-state index contributed by atoms with van der Waals surface area (Å²) in [5, 5.41) is 1.71. The van der Waals surface area contributed by atoms with Crippen molar-refractivity contribution in [1.82, 2.24) is 4.98 Å². The largest absolute Gasteiger partial charge is 0.465 e. The number of carbonyl (C=O) groups excluding carboxylic acids is 1. The number of esters is 1. The Morgan fingerprint density at radius 3 is 2.86 bits per heavy atom. The maximum absolute atomic E-state index is 12.3. The Morgan fingerprint density at radius 1 is 1.52 bits per heavy atom. The molecule has 2 aromatic heterocycles. The van der Waals surface area contributed by atoms with Crippen LogP contribution in [0.1, 0.15) is 9.67 Å². The Kier molecular flexibility index (Phi) is 4.87. The first-order chi connectivity index (χ1) is 9.85. The lowest BCUT2D eigenvalue weighted by Crippen LogP contribution is -2.15. The maximum atomic E-state index is 12.3. The van der Waals surface area contributed by atoms with Crippen molar-refractivity contribution >= 4 is 60.5 Å². The summed E-state index contributed by atoms with van der Waals surface area (Å²) in [7, 11) is -2.74. The van der Waals surface area contributed by atoms with Gasteiger partial charge in [-0.15, -0.1) is 11.3 Å². The Labute approximate surface area is 138 Å². The Balaban J connectivity index is 2.37. The number of anilines is 1. The van der Waals surface area contributed by atoms with Gasteiger partial charge < -0.3 is 4.74 Å². The maximum Gasteiger partial charge on any atom is 0.349 e. The number of methoxy groups -OCH3 is 1. The average molecular weight is 412 g/mol. The van der Waals surface area contributed by atoms with Gasteiger partial charge >= 0.3 is 5.97 Å². The van der Waals surface area contributed by atoms with E-state index in [-0.39, 0.29) is 20.6 Å². The molecule has 0 aliphatic heterocycles. The molecule has 6 nitrogen and oxygen atoms in total. The van der Waals surface area contributed by atoms with E-state index in [2.05, 4.69) is 30.4 Å². The third kappa shape index (κ3) is 3.54. The van der Waals surface area contributed by atoms with Crippen molar-refractivity contribution in [3.63, 3.8) is 0 Å². The highest BCUT2D eigenvalue weighted by molar-refractivity contribution is 9.10. The van der Waals surface area contributed by atoms with Crippen LogP contribution in [0.15, 0.2) is 33.1 Å². The quantitative estimate of drug-likeness (QED) is 0.617. The fourth-order valence-electron chi connectivity index (χ4n) is 1.44. The highest BCUT2D eigenvalue weighted by Gasteiger charge is 2.25. The molecule has 2 heterocycles. The number of rotatable bonds is 4. The van der Waals surface area contributed by atoms with Crippen LogP contribution in [-0.2, 0) is 14.8 Å². The van der Waals surface area contributed by atoms with E-state index in [4.69, 9.17) is 11.6 Å². The topological polar surface area (TPSA) is 85.4 Å². The van der Waals surface area contributed by atoms with E-state index in [1.807, 2.05) is 0 Å². The van der Waals surface area contributed by atoms with Crippen LogP contribution in [-0.4, -0.2) is 26.5 Å². The lowest BCUT2D eigenvalue weighted by atomic mass is 10.4. The first-order valence-electron chi connectivity index (χ1n) is 5.35. The highest BCUT2D eigenvalue weighted by atomic mass is 79.9. The minimum absolute atomic E-state index is 0.00554. The molecule has 0 unspecified atom stereocenters. The van der Waals surface area contributed by atoms with Gasteiger partial charge in [0.1, 0.15) is 14.9 Å². The molecule has 0 saturated carbocycles. The van der Waals surface area contributed by atoms with E-state index in [1.165, 1.54) is 30.8 Å². The number of halogens is 2. The first kappa shape index (κ1) is 16.2. The number of pyridine rings is 1. The molecular weight excluding hydrogens is 404 g/mol. The predicted octanol–water partition coefficient (Wildman–Crippen LogP) is 3.15. The summed E-state index contributed by atoms with van der Waals surface area (Å²) < 4.78 is 32.0. The number of nitrogens with one attached hydrogen (secondary N) is 1. The van der Waals surface area contributed by atoms with Crippen LogP contribution >= 0.6 is 38.9 Å². The van der Waals surface area contributed by atoms with Gasteiger partial charge in [-0.2, -0.15) is 0 Å². The number of hydrogen-bond donors (Lipinski definition) is 1. The lowest BCUT2D eigenvalue weighted by molar-refractivity contribution is 0.0602. The van der Waals surface area contributed by atoms with Gasteiger partial charge in [-0.1, -0.05) is 11.6 Å². The molecule has 0 bridgehead atoms. The third-order valence-electron chi connectivity index (χ3n) is 2.34. The molecule has 0 spiro atoms. The van der Waals surface area contributed by atoms with Crippen molar-refractivity contribution in [1.29, 1.82) is 0 Å². The van der Waals surface area contributed by atoms with Gasteiger partial charge in [0.2, 0.25) is 0 Å². The summed E-state index contributed by atoms with van der Waals surface area (Å²) in [5.74, 6) is -0.708. The molecule has 10 heteroatoms. The number of hydrogen-bond acceptors (Lipinski definition) is 6. The number of ether oxygens (including phenoxy) is 1. The SMILES string of the molecule is COC(=O)c1sccc1S(=O)(=O)Nc1cnc(Cl)c(Br)c1. The van der Waals surface area contributed by atoms with Crippen molar-refractivity contribution in [2.24, 2.45) is 0 Å². The molecule has 0 atom stereocenters. The molecule has 0 aliphatic carbocycles. The smallest absolute Gasteiger partial charge is 0.349 e. The molecule has 0 saturated heterocycles. The van der Waals surface area contributed by atoms with Crippen LogP contribution in [0.25, 0.3) is 0 Å². The summed E-state index contributed by atoms with van der Waals surface area (Å²) in [4.78, 5) is 15.2. The minimum Gasteiger partial charge on any atom is -0.465 e. The minimum atomic E-state index is -3.93. The van der Waals surface area contributed by atoms with E-state index < -0.39 is 16.0 Å². The highest BCUT2D eigenvalue weighted by Crippen LogP contribution is 2.27. The predicted molar refractivity (Wildman–Crippen MR) is 83.4 cm³/mol. The van der Waals surface area contributed by atoms with Gasteiger partial charge in [-0.05, 0) is 33.4 Å². The van der Waals surface area contributed by atoms with Gasteiger partial charge in [0, 0.05) is 0 Å². The molecule has 1 N–H and O–H groups in total. The van der Waals surface area contributed by atoms with Gasteiger partial charge in [0.05, 0.1) is 23.5 Å². The van der Waals surface area contributed by atoms with E-state index in [0.717, 1.165) is 11.3 Å². The summed E-state index contributed by atoms with van der Waals surface area (Å²) in [6, 6.07) is 2.80. The normalized spacial score (nSPS) is 11.2. The van der Waals surface area contributed by atoms with Crippen molar-refractivity contribution in [2.45, 2.75) is 4.90 Å². The van der Waals surface area contributed by atoms with Gasteiger partial charge in [0.15, 0.2) is 0 Å². The first-order valence-corrected chi connectivity index (χ1v) is 8.88. The zero-order chi connectivity index (χ0) is 15.6. The lowest BCUT2D eigenvalue weighted by Gasteiger charge is -2.08. The summed E-state index contributed by atoms with van der Waals surface area (Å²) in [5.41, 5.74) is 0.216. The second kappa shape index (κ2) is 6.30. The van der Waals surface area contributed by atoms with E-state index in [0.29, 0.717) is 4.47 Å². The van der Waals surface area contributed by atoms with Crippen LogP contribution in [0.5, 0.6) is 0 Å². The fourth-order valence-corrected chi connectivity index (χ4v) is 4.26. The van der Waals surface area contributed by atoms with Crippen LogP contribution in [0.4, 0.5) is 5.69 Å². The number of sulfonamides is 1. The molecule has 2 aromatic rings. The van der Waals surface area contributed by atoms with Crippen molar-refractivity contribution < 1.29 is 17.9 Å². The van der Waals surface area contributed by atoms with Gasteiger partial charge in [0.25, 0.3) is 10.0 Å². The average Bonchev–Trinajstić information content (AvgIpc) is 2.92. The molecule has 0 amide bonds. The number of nitrogens with zero attached hydrogens (tertiary/aromatic N) is 1. The van der Waals surface area contributed by atoms with E-state index in [9.17, 15) is 13.2 Å². The van der Waals surface area contributed by atoms with Gasteiger partial charge in [-0.25, -0.2) is 18.2 Å². The Bertz CT molecular complexity index is 791. The van der Waals surface area contributed by atoms with Gasteiger partial charge in [-0.3, -0.25) is 4.72 Å². The molecule has 0 aromatic carbocycles. The molecule has 0 fully saturated rings. The number of thiophene rings is 1. The monoisotopic (exact) mass is 410 g/mol. The Morgan fingerprint density at radius 2 is 2.24 bits per heavy atom. The number of carbonyl (C=O) groups is 1. The van der Waals surface area contributed by atoms with Crippen molar-refractivity contribution in [3.8, 4) is 0 Å². The standard InChI is InChI=1S/C11H8BrClN2O4S2/c1-19-11(16)9-8(2-3-20-9)21(17,18)15-6-4-7(12)10(13)14-5-6/h2-5,15H,1H3. The second-order valence-electron chi connectivity index (χ2n) is 3.71. The van der Waals surface area contributed by atoms with Crippen molar-refractivity contribution in [2.75, 3.05) is 11.8 Å². The van der Waals surface area contributed by atoms with Crippen LogP contribution in [0.2, 0.25) is 5.15 Å². The van der Waals surface area contributed by atoms with Crippen LogP contribution < -0.4 is 4.72 Å². The fraction of sp³-hybridized carbons (Fsp3) is 0.0909. The molecule has 0 aliphatic rings. The molecule has 0 radical (unpaired) electrons. The summed E-state index contributed by atoms with van der Waals surface area (Å²) >= 11 is 9.88. The third-order valence-corrected chi connectivity index (χ3v) is 5.92. The zero-order valence-electron chi connectivity index (χ0n) is 10.5. The van der Waals surface area contributed by atoms with E-state index >= 15 is 0 Å². The molecule has 21 heavy (non-hydrogen) atoms. The second-order valence-corrected chi connectivity index (χ2v) is 7.49. The Hall–Kier alpha value is -1.16. The summed E-state index contributed by atoms with van der Waals surface area (Å²) in [6.07, 6.45) is 1.27. The van der Waals surface area contributed by atoms with Crippen molar-refractivity contribution in [3.05, 3.63) is 38.2 Å². The number of aromatic nitrogens is 1. The molecular formula is C11H8BrClN2O4S2. The molecule has 2 rings (SSSR count).